The molecule has 3 heteroatoms. The molecule has 0 amide bonds. The highest BCUT2D eigenvalue weighted by molar-refractivity contribution is 6.04. The van der Waals surface area contributed by atoms with Gasteiger partial charge in [0.1, 0.15) is 0 Å². The molecule has 0 radical (unpaired) electrons. The Morgan fingerprint density at radius 1 is 1.05 bits per heavy atom. The summed E-state index contributed by atoms with van der Waals surface area (Å²) in [5, 5.41) is 21.2. The minimum absolute atomic E-state index is 0.663. The summed E-state index contributed by atoms with van der Waals surface area (Å²) in [5.74, 6) is 0. The number of oxime groups is 1. The summed E-state index contributed by atoms with van der Waals surface area (Å²) in [6, 6.07) is 15.8. The molecule has 1 aliphatic carbocycles. The van der Waals surface area contributed by atoms with Crippen molar-refractivity contribution < 1.29 is 5.21 Å². The predicted octanol–water partition coefficient (Wildman–Crippen LogP) is 3.35. The SMILES string of the molecule is N#Cc1cccc(-c2ccc3c(c2)CCC3=NO)c1. The maximum absolute atomic E-state index is 8.94. The zero-order valence-electron chi connectivity index (χ0n) is 10.3. The highest BCUT2D eigenvalue weighted by Gasteiger charge is 2.18. The first-order valence-electron chi connectivity index (χ1n) is 6.16. The standard InChI is InChI=1S/C16H12N2O/c17-10-11-2-1-3-12(8-11)13-4-6-15-14(9-13)5-7-16(15)18-19/h1-4,6,8-9,19H,5,7H2. The third-order valence-corrected chi connectivity index (χ3v) is 3.49. The lowest BCUT2D eigenvalue weighted by Crippen LogP contribution is -1.93. The molecule has 1 N–H and O–H groups in total. The normalized spacial score (nSPS) is 15.2. The lowest BCUT2D eigenvalue weighted by Gasteiger charge is -2.05. The third kappa shape index (κ3) is 1.98. The van der Waals surface area contributed by atoms with E-state index >= 15 is 0 Å². The first kappa shape index (κ1) is 11.5. The van der Waals surface area contributed by atoms with Gasteiger partial charge in [-0.15, -0.1) is 0 Å². The predicted molar refractivity (Wildman–Crippen MR) is 73.2 cm³/mol. The second kappa shape index (κ2) is 4.58. The van der Waals surface area contributed by atoms with E-state index in [9.17, 15) is 0 Å². The van der Waals surface area contributed by atoms with E-state index in [-0.39, 0.29) is 0 Å². The molecule has 2 aromatic carbocycles. The molecule has 92 valence electrons. The second-order valence-corrected chi connectivity index (χ2v) is 4.61. The number of rotatable bonds is 1. The third-order valence-electron chi connectivity index (χ3n) is 3.49. The van der Waals surface area contributed by atoms with E-state index < -0.39 is 0 Å². The molecule has 0 fully saturated rings. The zero-order valence-corrected chi connectivity index (χ0v) is 10.3. The van der Waals surface area contributed by atoms with E-state index in [1.165, 1.54) is 5.56 Å². The van der Waals surface area contributed by atoms with Crippen LogP contribution in [-0.4, -0.2) is 10.9 Å². The summed E-state index contributed by atoms with van der Waals surface area (Å²) in [4.78, 5) is 0. The Balaban J connectivity index is 2.06. The van der Waals surface area contributed by atoms with Gasteiger partial charge in [-0.3, -0.25) is 0 Å². The van der Waals surface area contributed by atoms with Gasteiger partial charge in [0.2, 0.25) is 0 Å². The van der Waals surface area contributed by atoms with Gasteiger partial charge in [-0.2, -0.15) is 5.26 Å². The van der Waals surface area contributed by atoms with Crippen molar-refractivity contribution in [2.75, 3.05) is 0 Å². The minimum Gasteiger partial charge on any atom is -0.411 e. The summed E-state index contributed by atoms with van der Waals surface area (Å²) >= 11 is 0. The Morgan fingerprint density at radius 3 is 2.68 bits per heavy atom. The molecule has 3 rings (SSSR count). The number of hydrogen-bond donors (Lipinski definition) is 1. The van der Waals surface area contributed by atoms with E-state index in [0.717, 1.165) is 35.2 Å². The van der Waals surface area contributed by atoms with Crippen LogP contribution in [0.15, 0.2) is 47.6 Å². The van der Waals surface area contributed by atoms with Crippen molar-refractivity contribution in [3.05, 3.63) is 59.2 Å². The summed E-state index contributed by atoms with van der Waals surface area (Å²) in [6.07, 6.45) is 1.69. The van der Waals surface area contributed by atoms with Gasteiger partial charge in [-0.1, -0.05) is 35.5 Å². The summed E-state index contributed by atoms with van der Waals surface area (Å²) in [5.41, 5.74) is 5.78. The van der Waals surface area contributed by atoms with Crippen LogP contribution in [0, 0.1) is 11.3 Å². The maximum Gasteiger partial charge on any atom is 0.0991 e. The fourth-order valence-electron chi connectivity index (χ4n) is 2.52. The van der Waals surface area contributed by atoms with Gasteiger partial charge in [0, 0.05) is 5.56 Å². The molecule has 2 aromatic rings. The number of aryl methyl sites for hydroxylation is 1. The van der Waals surface area contributed by atoms with Crippen molar-refractivity contribution >= 4 is 5.71 Å². The molecule has 3 nitrogen and oxygen atoms in total. The highest BCUT2D eigenvalue weighted by atomic mass is 16.4. The van der Waals surface area contributed by atoms with Crippen molar-refractivity contribution in [1.29, 1.82) is 5.26 Å². The van der Waals surface area contributed by atoms with Gasteiger partial charge < -0.3 is 5.21 Å². The minimum atomic E-state index is 0.663. The fourth-order valence-corrected chi connectivity index (χ4v) is 2.52. The van der Waals surface area contributed by atoms with Crippen LogP contribution in [0.3, 0.4) is 0 Å². The molecule has 0 saturated carbocycles. The van der Waals surface area contributed by atoms with Crippen molar-refractivity contribution in [1.82, 2.24) is 0 Å². The molecule has 0 unspecified atom stereocenters. The molecule has 0 bridgehead atoms. The largest absolute Gasteiger partial charge is 0.411 e. The molecule has 0 heterocycles. The fraction of sp³-hybridized carbons (Fsp3) is 0.125. The van der Waals surface area contributed by atoms with Crippen LogP contribution in [0.4, 0.5) is 0 Å². The van der Waals surface area contributed by atoms with Crippen LogP contribution in [0.5, 0.6) is 0 Å². The molecule has 0 saturated heterocycles. The van der Waals surface area contributed by atoms with Gasteiger partial charge in [0.25, 0.3) is 0 Å². The molecule has 0 aromatic heterocycles. The van der Waals surface area contributed by atoms with Gasteiger partial charge in [-0.05, 0) is 41.7 Å². The molecule has 0 aliphatic heterocycles. The number of nitrogens with zero attached hydrogens (tertiary/aromatic N) is 2. The van der Waals surface area contributed by atoms with Gasteiger partial charge in [0.05, 0.1) is 17.3 Å². The van der Waals surface area contributed by atoms with E-state index in [1.807, 2.05) is 30.3 Å². The average Bonchev–Trinajstić information content (AvgIpc) is 2.89. The lowest BCUT2D eigenvalue weighted by molar-refractivity contribution is 0.318. The molecule has 0 spiro atoms. The monoisotopic (exact) mass is 248 g/mol. The number of fused-ring (bicyclic) bond motifs is 1. The Morgan fingerprint density at radius 2 is 1.89 bits per heavy atom. The zero-order chi connectivity index (χ0) is 13.2. The Hall–Kier alpha value is -2.60. The van der Waals surface area contributed by atoms with Gasteiger partial charge in [0.15, 0.2) is 0 Å². The Labute approximate surface area is 111 Å². The van der Waals surface area contributed by atoms with E-state index in [4.69, 9.17) is 10.5 Å². The molecule has 1 aliphatic rings. The number of benzene rings is 2. The second-order valence-electron chi connectivity index (χ2n) is 4.61. The molecular formula is C16H12N2O. The highest BCUT2D eigenvalue weighted by Crippen LogP contribution is 2.28. The van der Waals surface area contributed by atoms with Gasteiger partial charge >= 0.3 is 0 Å². The maximum atomic E-state index is 8.94. The van der Waals surface area contributed by atoms with E-state index in [2.05, 4.69) is 17.3 Å². The first-order valence-corrected chi connectivity index (χ1v) is 6.16. The van der Waals surface area contributed by atoms with Crippen molar-refractivity contribution in [2.45, 2.75) is 12.8 Å². The Bertz CT molecular complexity index is 711. The van der Waals surface area contributed by atoms with Crippen LogP contribution >= 0.6 is 0 Å². The summed E-state index contributed by atoms with van der Waals surface area (Å²) in [6.45, 7) is 0. The van der Waals surface area contributed by atoms with E-state index in [1.54, 1.807) is 6.07 Å². The Kier molecular flexibility index (Phi) is 2.77. The van der Waals surface area contributed by atoms with Crippen molar-refractivity contribution in [3.63, 3.8) is 0 Å². The summed E-state index contributed by atoms with van der Waals surface area (Å²) in [7, 11) is 0. The molecular weight excluding hydrogens is 236 g/mol. The van der Waals surface area contributed by atoms with E-state index in [0.29, 0.717) is 5.56 Å². The van der Waals surface area contributed by atoms with Crippen LogP contribution in [0.2, 0.25) is 0 Å². The smallest absolute Gasteiger partial charge is 0.0991 e. The first-order chi connectivity index (χ1) is 9.31. The lowest BCUT2D eigenvalue weighted by atomic mass is 9.99. The van der Waals surface area contributed by atoms with Crippen LogP contribution in [0.25, 0.3) is 11.1 Å². The van der Waals surface area contributed by atoms with Crippen molar-refractivity contribution in [3.8, 4) is 17.2 Å². The van der Waals surface area contributed by atoms with Crippen molar-refractivity contribution in [2.24, 2.45) is 5.16 Å². The van der Waals surface area contributed by atoms with Gasteiger partial charge in [-0.25, -0.2) is 0 Å². The molecule has 19 heavy (non-hydrogen) atoms. The topological polar surface area (TPSA) is 56.4 Å². The van der Waals surface area contributed by atoms with Crippen LogP contribution in [0.1, 0.15) is 23.1 Å². The number of nitriles is 1. The summed E-state index contributed by atoms with van der Waals surface area (Å²) < 4.78 is 0. The quantitative estimate of drug-likeness (QED) is 0.621. The van der Waals surface area contributed by atoms with Crippen LogP contribution in [-0.2, 0) is 6.42 Å². The number of hydrogen-bond acceptors (Lipinski definition) is 3. The molecule has 0 atom stereocenters. The van der Waals surface area contributed by atoms with Crippen LogP contribution < -0.4 is 0 Å². The average molecular weight is 248 g/mol.